The van der Waals surface area contributed by atoms with Crippen molar-refractivity contribution in [3.8, 4) is 0 Å². The maximum absolute atomic E-state index is 12.3. The summed E-state index contributed by atoms with van der Waals surface area (Å²) in [4.78, 5) is 29.7. The summed E-state index contributed by atoms with van der Waals surface area (Å²) in [6.45, 7) is 13.1. The molecule has 0 aromatic carbocycles. The zero-order chi connectivity index (χ0) is 16.4. The van der Waals surface area contributed by atoms with Gasteiger partial charge in [-0.05, 0) is 41.5 Å². The molecule has 122 valence electrons. The molecule has 1 aliphatic rings. The third-order valence-corrected chi connectivity index (χ3v) is 3.60. The van der Waals surface area contributed by atoms with Gasteiger partial charge in [-0.1, -0.05) is 0 Å². The molecular formula is C15H29N3O3. The molecule has 21 heavy (non-hydrogen) atoms. The molecule has 3 amide bonds. The second-order valence-corrected chi connectivity index (χ2v) is 6.96. The van der Waals surface area contributed by atoms with Gasteiger partial charge >= 0.3 is 12.1 Å². The number of urea groups is 1. The van der Waals surface area contributed by atoms with Crippen LogP contribution in [-0.4, -0.2) is 71.2 Å². The smallest absolute Gasteiger partial charge is 0.410 e. The normalized spacial score (nSPS) is 19.7. The van der Waals surface area contributed by atoms with E-state index in [-0.39, 0.29) is 24.2 Å². The Kier molecular flexibility index (Phi) is 5.48. The molecule has 1 aliphatic heterocycles. The Balaban J connectivity index is 2.62. The fraction of sp³-hybridized carbons (Fsp3) is 0.867. The van der Waals surface area contributed by atoms with Gasteiger partial charge in [0.05, 0.1) is 0 Å². The number of amides is 3. The molecular weight excluding hydrogens is 270 g/mol. The molecule has 1 atom stereocenters. The lowest BCUT2D eigenvalue weighted by Crippen LogP contribution is -2.58. The quantitative estimate of drug-likeness (QED) is 0.747. The van der Waals surface area contributed by atoms with E-state index in [1.807, 2.05) is 41.5 Å². The number of ether oxygens (including phenoxy) is 1. The third kappa shape index (κ3) is 4.79. The Hall–Kier alpha value is -1.46. The van der Waals surface area contributed by atoms with Gasteiger partial charge in [0.1, 0.15) is 5.60 Å². The first-order valence-electron chi connectivity index (χ1n) is 7.54. The highest BCUT2D eigenvalue weighted by Gasteiger charge is 2.33. The summed E-state index contributed by atoms with van der Waals surface area (Å²) in [7, 11) is 1.80. The van der Waals surface area contributed by atoms with Crippen molar-refractivity contribution in [3.63, 3.8) is 0 Å². The molecule has 1 heterocycles. The van der Waals surface area contributed by atoms with Gasteiger partial charge in [0.25, 0.3) is 0 Å². The number of carbonyl (C=O) groups excluding carboxylic acids is 2. The average Bonchev–Trinajstić information content (AvgIpc) is 2.34. The second-order valence-electron chi connectivity index (χ2n) is 6.96. The largest absolute Gasteiger partial charge is 0.444 e. The summed E-state index contributed by atoms with van der Waals surface area (Å²) < 4.78 is 5.40. The zero-order valence-corrected chi connectivity index (χ0v) is 14.3. The molecule has 0 aliphatic carbocycles. The van der Waals surface area contributed by atoms with Gasteiger partial charge in [0, 0.05) is 38.8 Å². The molecule has 0 aromatic heterocycles. The lowest BCUT2D eigenvalue weighted by atomic mass is 10.2. The van der Waals surface area contributed by atoms with Gasteiger partial charge in [0.15, 0.2) is 0 Å². The summed E-state index contributed by atoms with van der Waals surface area (Å²) in [5.74, 6) is 0. The summed E-state index contributed by atoms with van der Waals surface area (Å²) in [5.41, 5.74) is -0.498. The van der Waals surface area contributed by atoms with E-state index in [0.717, 1.165) is 0 Å². The van der Waals surface area contributed by atoms with Crippen LogP contribution in [0.15, 0.2) is 0 Å². The Morgan fingerprint density at radius 1 is 1.24 bits per heavy atom. The highest BCUT2D eigenvalue weighted by molar-refractivity contribution is 5.75. The molecule has 6 nitrogen and oxygen atoms in total. The van der Waals surface area contributed by atoms with Crippen LogP contribution >= 0.6 is 0 Å². The summed E-state index contributed by atoms with van der Waals surface area (Å²) >= 11 is 0. The number of nitrogens with zero attached hydrogens (tertiary/aromatic N) is 3. The maximum Gasteiger partial charge on any atom is 0.410 e. The van der Waals surface area contributed by atoms with Crippen molar-refractivity contribution in [1.29, 1.82) is 0 Å². The summed E-state index contributed by atoms with van der Waals surface area (Å²) in [6.07, 6.45) is -0.306. The van der Waals surface area contributed by atoms with Crippen LogP contribution in [0, 0.1) is 0 Å². The molecule has 0 radical (unpaired) electrons. The Labute approximate surface area is 128 Å². The molecule has 0 aromatic rings. The van der Waals surface area contributed by atoms with Crippen LogP contribution in [0.5, 0.6) is 0 Å². The predicted molar refractivity (Wildman–Crippen MR) is 82.3 cm³/mol. The van der Waals surface area contributed by atoms with E-state index in [4.69, 9.17) is 4.74 Å². The number of hydrogen-bond acceptors (Lipinski definition) is 3. The van der Waals surface area contributed by atoms with Crippen molar-refractivity contribution in [2.45, 2.75) is 59.2 Å². The van der Waals surface area contributed by atoms with Crippen LogP contribution < -0.4 is 0 Å². The van der Waals surface area contributed by atoms with E-state index in [0.29, 0.717) is 19.6 Å². The SMILES string of the molecule is CC(C)N(C)C(=O)N1CCN(C(=O)OC(C)(C)C)C(C)C1. The molecule has 1 saturated heterocycles. The number of piperazine rings is 1. The first-order chi connectivity index (χ1) is 9.53. The van der Waals surface area contributed by atoms with Crippen molar-refractivity contribution < 1.29 is 14.3 Å². The highest BCUT2D eigenvalue weighted by Crippen LogP contribution is 2.16. The minimum Gasteiger partial charge on any atom is -0.444 e. The topological polar surface area (TPSA) is 53.1 Å². The van der Waals surface area contributed by atoms with Gasteiger partial charge in [-0.15, -0.1) is 0 Å². The highest BCUT2D eigenvalue weighted by atomic mass is 16.6. The number of rotatable bonds is 1. The summed E-state index contributed by atoms with van der Waals surface area (Å²) in [6, 6.07) is 0.135. The molecule has 6 heteroatoms. The fourth-order valence-corrected chi connectivity index (χ4v) is 2.17. The Bertz CT molecular complexity index is 390. The van der Waals surface area contributed by atoms with E-state index in [2.05, 4.69) is 0 Å². The van der Waals surface area contributed by atoms with Gasteiger partial charge in [0.2, 0.25) is 0 Å². The lowest BCUT2D eigenvalue weighted by molar-refractivity contribution is 0.00361. The van der Waals surface area contributed by atoms with Gasteiger partial charge < -0.3 is 19.4 Å². The van der Waals surface area contributed by atoms with Crippen LogP contribution in [0.1, 0.15) is 41.5 Å². The summed E-state index contributed by atoms with van der Waals surface area (Å²) in [5, 5.41) is 0. The van der Waals surface area contributed by atoms with E-state index >= 15 is 0 Å². The minimum atomic E-state index is -0.498. The third-order valence-electron chi connectivity index (χ3n) is 3.60. The zero-order valence-electron chi connectivity index (χ0n) is 14.3. The Morgan fingerprint density at radius 2 is 1.81 bits per heavy atom. The van der Waals surface area contributed by atoms with Crippen molar-refractivity contribution in [2.24, 2.45) is 0 Å². The molecule has 0 spiro atoms. The first kappa shape index (κ1) is 17.6. The minimum absolute atomic E-state index is 0.0145. The van der Waals surface area contributed by atoms with Crippen LogP contribution in [-0.2, 0) is 4.74 Å². The van der Waals surface area contributed by atoms with Crippen LogP contribution in [0.3, 0.4) is 0 Å². The molecule has 1 fully saturated rings. The molecule has 1 unspecified atom stereocenters. The van der Waals surface area contributed by atoms with Crippen LogP contribution in [0.2, 0.25) is 0 Å². The van der Waals surface area contributed by atoms with Crippen molar-refractivity contribution in [2.75, 3.05) is 26.7 Å². The molecule has 0 saturated carbocycles. The van der Waals surface area contributed by atoms with E-state index in [1.54, 1.807) is 21.7 Å². The number of hydrogen-bond donors (Lipinski definition) is 0. The molecule has 1 rings (SSSR count). The average molecular weight is 299 g/mol. The fourth-order valence-electron chi connectivity index (χ4n) is 2.17. The lowest BCUT2D eigenvalue weighted by Gasteiger charge is -2.41. The van der Waals surface area contributed by atoms with Crippen molar-refractivity contribution in [1.82, 2.24) is 14.7 Å². The molecule has 0 N–H and O–H groups in total. The Morgan fingerprint density at radius 3 is 2.24 bits per heavy atom. The van der Waals surface area contributed by atoms with Crippen LogP contribution in [0.4, 0.5) is 9.59 Å². The van der Waals surface area contributed by atoms with E-state index < -0.39 is 5.60 Å². The standard InChI is InChI=1S/C15H29N3O3/c1-11(2)16(7)13(19)17-8-9-18(12(3)10-17)14(20)21-15(4,5)6/h11-12H,8-10H2,1-7H3. The van der Waals surface area contributed by atoms with Crippen molar-refractivity contribution >= 4 is 12.1 Å². The van der Waals surface area contributed by atoms with Gasteiger partial charge in [-0.25, -0.2) is 9.59 Å². The molecule has 0 bridgehead atoms. The van der Waals surface area contributed by atoms with Gasteiger partial charge in [-0.2, -0.15) is 0 Å². The monoisotopic (exact) mass is 299 g/mol. The van der Waals surface area contributed by atoms with Crippen molar-refractivity contribution in [3.05, 3.63) is 0 Å². The van der Waals surface area contributed by atoms with E-state index in [9.17, 15) is 9.59 Å². The first-order valence-corrected chi connectivity index (χ1v) is 7.54. The number of carbonyl (C=O) groups is 2. The van der Waals surface area contributed by atoms with E-state index in [1.165, 1.54) is 0 Å². The maximum atomic E-state index is 12.3. The predicted octanol–water partition coefficient (Wildman–Crippen LogP) is 2.39. The second kappa shape index (κ2) is 6.54. The van der Waals surface area contributed by atoms with Crippen LogP contribution in [0.25, 0.3) is 0 Å². The van der Waals surface area contributed by atoms with Gasteiger partial charge in [-0.3, -0.25) is 0 Å².